The molecule has 1 N–H and O–H groups in total. The third kappa shape index (κ3) is 4.43. The van der Waals surface area contributed by atoms with Crippen LogP contribution >= 0.6 is 0 Å². The fourth-order valence-electron chi connectivity index (χ4n) is 1.69. The van der Waals surface area contributed by atoms with Crippen LogP contribution in [0.25, 0.3) is 0 Å². The van der Waals surface area contributed by atoms with Gasteiger partial charge in [0.15, 0.2) is 0 Å². The van der Waals surface area contributed by atoms with Gasteiger partial charge < -0.3 is 5.32 Å². The molecule has 0 radical (unpaired) electrons. The van der Waals surface area contributed by atoms with Gasteiger partial charge in [-0.2, -0.15) is 0 Å². The van der Waals surface area contributed by atoms with Gasteiger partial charge in [-0.05, 0) is 24.1 Å². The van der Waals surface area contributed by atoms with Crippen molar-refractivity contribution in [1.82, 2.24) is 0 Å². The highest BCUT2D eigenvalue weighted by molar-refractivity contribution is 5.90. The number of carbonyl (C=O) groups is 1. The first kappa shape index (κ1) is 12.7. The molecule has 0 heterocycles. The number of amides is 1. The molecule has 16 heavy (non-hydrogen) atoms. The Morgan fingerprint density at radius 3 is 2.88 bits per heavy atom. The number of halogens is 1. The largest absolute Gasteiger partial charge is 0.326 e. The zero-order valence-corrected chi connectivity index (χ0v) is 9.79. The third-order valence-electron chi connectivity index (χ3n) is 2.42. The zero-order chi connectivity index (χ0) is 12.0. The molecular formula is C13H18FNO. The van der Waals surface area contributed by atoms with Crippen LogP contribution < -0.4 is 5.32 Å². The van der Waals surface area contributed by atoms with Gasteiger partial charge in [-0.25, -0.2) is 4.39 Å². The minimum absolute atomic E-state index is 0.0495. The maximum Gasteiger partial charge on any atom is 0.224 e. The van der Waals surface area contributed by atoms with E-state index in [9.17, 15) is 9.18 Å². The molecule has 1 unspecified atom stereocenters. The Kier molecular flexibility index (Phi) is 4.96. The van der Waals surface area contributed by atoms with Crippen LogP contribution in [0.15, 0.2) is 24.3 Å². The number of benzene rings is 1. The van der Waals surface area contributed by atoms with E-state index < -0.39 is 0 Å². The molecule has 1 atom stereocenters. The van der Waals surface area contributed by atoms with E-state index in [1.807, 2.05) is 0 Å². The Labute approximate surface area is 95.9 Å². The molecule has 1 aromatic carbocycles. The van der Waals surface area contributed by atoms with Crippen LogP contribution in [0.2, 0.25) is 0 Å². The summed E-state index contributed by atoms with van der Waals surface area (Å²) >= 11 is 0. The number of rotatable bonds is 5. The molecule has 2 nitrogen and oxygen atoms in total. The van der Waals surface area contributed by atoms with Crippen molar-refractivity contribution in [2.24, 2.45) is 5.92 Å². The van der Waals surface area contributed by atoms with Crippen molar-refractivity contribution in [2.45, 2.75) is 33.1 Å². The second-order valence-electron chi connectivity index (χ2n) is 4.16. The Hall–Kier alpha value is -1.38. The first-order valence-electron chi connectivity index (χ1n) is 5.67. The van der Waals surface area contributed by atoms with Crippen LogP contribution in [0.5, 0.6) is 0 Å². The van der Waals surface area contributed by atoms with Crippen LogP contribution in [-0.4, -0.2) is 5.91 Å². The number of hydrogen-bond donors (Lipinski definition) is 1. The number of hydrogen-bond acceptors (Lipinski definition) is 1. The van der Waals surface area contributed by atoms with Gasteiger partial charge in [-0.1, -0.05) is 32.8 Å². The minimum atomic E-state index is -0.334. The predicted octanol–water partition coefficient (Wildman–Crippen LogP) is 3.59. The molecule has 0 aliphatic heterocycles. The number of nitrogens with one attached hydrogen (secondary N) is 1. The van der Waals surface area contributed by atoms with E-state index in [2.05, 4.69) is 19.2 Å². The van der Waals surface area contributed by atoms with Gasteiger partial charge in [-0.3, -0.25) is 4.79 Å². The van der Waals surface area contributed by atoms with Gasteiger partial charge >= 0.3 is 0 Å². The van der Waals surface area contributed by atoms with Crippen molar-refractivity contribution < 1.29 is 9.18 Å². The van der Waals surface area contributed by atoms with Crippen molar-refractivity contribution in [3.63, 3.8) is 0 Å². The SMILES string of the molecule is CCCC(C)CC(=O)Nc1cccc(F)c1. The van der Waals surface area contributed by atoms with E-state index in [1.165, 1.54) is 12.1 Å². The Balaban J connectivity index is 2.45. The summed E-state index contributed by atoms with van der Waals surface area (Å²) in [7, 11) is 0. The van der Waals surface area contributed by atoms with Gasteiger partial charge in [0, 0.05) is 12.1 Å². The highest BCUT2D eigenvalue weighted by atomic mass is 19.1. The summed E-state index contributed by atoms with van der Waals surface area (Å²) in [5.41, 5.74) is 0.522. The van der Waals surface area contributed by atoms with Gasteiger partial charge in [0.05, 0.1) is 0 Å². The maximum absolute atomic E-state index is 12.8. The highest BCUT2D eigenvalue weighted by Crippen LogP contribution is 2.13. The molecule has 88 valence electrons. The van der Waals surface area contributed by atoms with Crippen molar-refractivity contribution >= 4 is 11.6 Å². The van der Waals surface area contributed by atoms with Gasteiger partial charge in [-0.15, -0.1) is 0 Å². The fraction of sp³-hybridized carbons (Fsp3) is 0.462. The molecule has 1 rings (SSSR count). The van der Waals surface area contributed by atoms with Crippen LogP contribution in [0.4, 0.5) is 10.1 Å². The Bertz CT molecular complexity index is 352. The molecular weight excluding hydrogens is 205 g/mol. The standard InChI is InChI=1S/C13H18FNO/c1-3-5-10(2)8-13(16)15-12-7-4-6-11(14)9-12/h4,6-7,9-10H,3,5,8H2,1-2H3,(H,15,16). The van der Waals surface area contributed by atoms with E-state index in [0.717, 1.165) is 12.8 Å². The second-order valence-corrected chi connectivity index (χ2v) is 4.16. The molecule has 3 heteroatoms. The summed E-state index contributed by atoms with van der Waals surface area (Å²) in [6.07, 6.45) is 2.61. The third-order valence-corrected chi connectivity index (χ3v) is 2.42. The normalized spacial score (nSPS) is 12.2. The molecule has 0 fully saturated rings. The average Bonchev–Trinajstić information content (AvgIpc) is 2.17. The molecule has 0 aromatic heterocycles. The lowest BCUT2D eigenvalue weighted by Gasteiger charge is -2.10. The Morgan fingerprint density at radius 2 is 2.25 bits per heavy atom. The lowest BCUT2D eigenvalue weighted by Crippen LogP contribution is -2.15. The van der Waals surface area contributed by atoms with E-state index in [4.69, 9.17) is 0 Å². The fourth-order valence-corrected chi connectivity index (χ4v) is 1.69. The summed E-state index contributed by atoms with van der Waals surface area (Å²) in [6, 6.07) is 5.95. The van der Waals surface area contributed by atoms with Gasteiger partial charge in [0.1, 0.15) is 5.82 Å². The van der Waals surface area contributed by atoms with Crippen molar-refractivity contribution in [3.8, 4) is 0 Å². The lowest BCUT2D eigenvalue weighted by molar-refractivity contribution is -0.117. The monoisotopic (exact) mass is 223 g/mol. The summed E-state index contributed by atoms with van der Waals surface area (Å²) < 4.78 is 12.8. The molecule has 1 aromatic rings. The highest BCUT2D eigenvalue weighted by Gasteiger charge is 2.08. The predicted molar refractivity (Wildman–Crippen MR) is 63.7 cm³/mol. The molecule has 0 saturated heterocycles. The van der Waals surface area contributed by atoms with Gasteiger partial charge in [0.25, 0.3) is 0 Å². The first-order valence-corrected chi connectivity index (χ1v) is 5.67. The van der Waals surface area contributed by atoms with Crippen LogP contribution in [0.3, 0.4) is 0 Å². The van der Waals surface area contributed by atoms with Gasteiger partial charge in [0.2, 0.25) is 5.91 Å². The zero-order valence-electron chi connectivity index (χ0n) is 9.79. The molecule has 0 aliphatic carbocycles. The summed E-state index contributed by atoms with van der Waals surface area (Å²) in [4.78, 5) is 11.6. The quantitative estimate of drug-likeness (QED) is 0.812. The lowest BCUT2D eigenvalue weighted by atomic mass is 10.0. The molecule has 0 bridgehead atoms. The number of anilines is 1. The van der Waals surface area contributed by atoms with Crippen molar-refractivity contribution in [2.75, 3.05) is 5.32 Å². The smallest absolute Gasteiger partial charge is 0.224 e. The van der Waals surface area contributed by atoms with Crippen molar-refractivity contribution in [1.29, 1.82) is 0 Å². The minimum Gasteiger partial charge on any atom is -0.326 e. The molecule has 0 spiro atoms. The topological polar surface area (TPSA) is 29.1 Å². The van der Waals surface area contributed by atoms with Crippen LogP contribution in [-0.2, 0) is 4.79 Å². The summed E-state index contributed by atoms with van der Waals surface area (Å²) in [5.74, 6) is -0.00971. The average molecular weight is 223 g/mol. The summed E-state index contributed by atoms with van der Waals surface area (Å²) in [6.45, 7) is 4.15. The molecule has 1 amide bonds. The van der Waals surface area contributed by atoms with Crippen LogP contribution in [0, 0.1) is 11.7 Å². The van der Waals surface area contributed by atoms with E-state index in [1.54, 1.807) is 12.1 Å². The molecule has 0 saturated carbocycles. The second kappa shape index (κ2) is 6.26. The summed E-state index contributed by atoms with van der Waals surface area (Å²) in [5, 5.41) is 2.69. The van der Waals surface area contributed by atoms with E-state index in [0.29, 0.717) is 18.0 Å². The Morgan fingerprint density at radius 1 is 1.50 bits per heavy atom. The van der Waals surface area contributed by atoms with E-state index >= 15 is 0 Å². The maximum atomic E-state index is 12.8. The van der Waals surface area contributed by atoms with Crippen molar-refractivity contribution in [3.05, 3.63) is 30.1 Å². The van der Waals surface area contributed by atoms with Crippen LogP contribution in [0.1, 0.15) is 33.1 Å². The first-order chi connectivity index (χ1) is 7.61. The molecule has 0 aliphatic rings. The number of carbonyl (C=O) groups excluding carboxylic acids is 1. The van der Waals surface area contributed by atoms with E-state index in [-0.39, 0.29) is 11.7 Å².